The molecule has 0 bridgehead atoms. The van der Waals surface area contributed by atoms with Crippen LogP contribution < -0.4 is 5.32 Å². The summed E-state index contributed by atoms with van der Waals surface area (Å²) in [6.07, 6.45) is 3.84. The van der Waals surface area contributed by atoms with Crippen LogP contribution in [-0.4, -0.2) is 30.1 Å². The van der Waals surface area contributed by atoms with Crippen LogP contribution in [-0.2, 0) is 6.54 Å². The number of nitrogens with one attached hydrogen (secondary N) is 1. The summed E-state index contributed by atoms with van der Waals surface area (Å²) >= 11 is 2.38. The van der Waals surface area contributed by atoms with Crippen LogP contribution in [0.1, 0.15) is 45.6 Å². The van der Waals surface area contributed by atoms with E-state index >= 15 is 0 Å². The Labute approximate surface area is 143 Å². The second-order valence-corrected chi connectivity index (χ2v) is 7.98. The Kier molecular flexibility index (Phi) is 6.96. The Balaban J connectivity index is 2.03. The Morgan fingerprint density at radius 1 is 1.29 bits per heavy atom. The fraction of sp³-hybridized carbons (Fsp3) is 0.667. The number of benzene rings is 1. The molecule has 1 N–H and O–H groups in total. The lowest BCUT2D eigenvalue weighted by atomic mass is 9.97. The lowest BCUT2D eigenvalue weighted by Gasteiger charge is -2.41. The van der Waals surface area contributed by atoms with Gasteiger partial charge in [0.2, 0.25) is 0 Å². The van der Waals surface area contributed by atoms with E-state index in [9.17, 15) is 0 Å². The average Bonchev–Trinajstić information content (AvgIpc) is 2.44. The van der Waals surface area contributed by atoms with Crippen LogP contribution in [0.25, 0.3) is 0 Å². The van der Waals surface area contributed by atoms with Gasteiger partial charge in [0.15, 0.2) is 0 Å². The van der Waals surface area contributed by atoms with E-state index in [0.29, 0.717) is 12.1 Å². The van der Waals surface area contributed by atoms with Gasteiger partial charge in [-0.25, -0.2) is 0 Å². The standard InChI is InChI=1S/C18H29IN2/c1-4-5-17-13-21(18(11-20-17)10-14(2)3)12-15-6-8-16(19)9-7-15/h6-9,14,17-18,20H,4-5,10-13H2,1-3H3. The molecule has 0 aromatic heterocycles. The van der Waals surface area contributed by atoms with Crippen molar-refractivity contribution in [1.29, 1.82) is 0 Å². The largest absolute Gasteiger partial charge is 0.311 e. The van der Waals surface area contributed by atoms with Gasteiger partial charge in [0.1, 0.15) is 0 Å². The minimum Gasteiger partial charge on any atom is -0.311 e. The van der Waals surface area contributed by atoms with E-state index in [-0.39, 0.29) is 0 Å². The van der Waals surface area contributed by atoms with Crippen molar-refractivity contribution in [2.45, 2.75) is 58.7 Å². The molecule has 2 nitrogen and oxygen atoms in total. The Morgan fingerprint density at radius 3 is 2.62 bits per heavy atom. The number of nitrogens with zero attached hydrogens (tertiary/aromatic N) is 1. The predicted octanol–water partition coefficient (Wildman–Crippen LogP) is 4.28. The molecular formula is C18H29IN2. The summed E-state index contributed by atoms with van der Waals surface area (Å²) in [5, 5.41) is 3.76. The number of hydrogen-bond acceptors (Lipinski definition) is 2. The van der Waals surface area contributed by atoms with E-state index in [0.717, 1.165) is 19.0 Å². The predicted molar refractivity (Wildman–Crippen MR) is 99.5 cm³/mol. The maximum Gasteiger partial charge on any atom is 0.0237 e. The van der Waals surface area contributed by atoms with Crippen molar-refractivity contribution in [3.05, 3.63) is 33.4 Å². The molecule has 0 aliphatic carbocycles. The first-order chi connectivity index (χ1) is 10.1. The zero-order valence-corrected chi connectivity index (χ0v) is 15.8. The topological polar surface area (TPSA) is 15.3 Å². The number of piperazine rings is 1. The van der Waals surface area contributed by atoms with Crippen molar-refractivity contribution in [3.63, 3.8) is 0 Å². The first-order valence-electron chi connectivity index (χ1n) is 8.30. The van der Waals surface area contributed by atoms with E-state index in [1.54, 1.807) is 0 Å². The molecule has 1 aliphatic heterocycles. The first kappa shape index (κ1) is 17.2. The third-order valence-corrected chi connectivity index (χ3v) is 5.01. The Bertz CT molecular complexity index is 416. The molecule has 1 heterocycles. The normalized spacial score (nSPS) is 23.7. The third kappa shape index (κ3) is 5.53. The maximum atomic E-state index is 3.76. The zero-order chi connectivity index (χ0) is 15.2. The molecule has 0 radical (unpaired) electrons. The third-order valence-electron chi connectivity index (χ3n) is 4.29. The average molecular weight is 400 g/mol. The molecule has 0 amide bonds. The summed E-state index contributed by atoms with van der Waals surface area (Å²) in [5.74, 6) is 0.763. The van der Waals surface area contributed by atoms with Gasteiger partial charge in [-0.1, -0.05) is 39.3 Å². The Hall–Kier alpha value is -0.130. The number of hydrogen-bond donors (Lipinski definition) is 1. The lowest BCUT2D eigenvalue weighted by Crippen LogP contribution is -2.56. The molecule has 1 saturated heterocycles. The molecule has 3 heteroatoms. The van der Waals surface area contributed by atoms with Crippen LogP contribution in [0.5, 0.6) is 0 Å². The van der Waals surface area contributed by atoms with Crippen LogP contribution in [0.3, 0.4) is 0 Å². The van der Waals surface area contributed by atoms with E-state index in [2.05, 4.69) is 77.8 Å². The molecule has 1 aliphatic rings. The second-order valence-electron chi connectivity index (χ2n) is 6.73. The molecule has 1 fully saturated rings. The van der Waals surface area contributed by atoms with E-state index < -0.39 is 0 Å². The lowest BCUT2D eigenvalue weighted by molar-refractivity contribution is 0.103. The fourth-order valence-corrected chi connectivity index (χ4v) is 3.62. The summed E-state index contributed by atoms with van der Waals surface area (Å²) in [6.45, 7) is 10.4. The quantitative estimate of drug-likeness (QED) is 0.718. The van der Waals surface area contributed by atoms with Gasteiger partial charge in [-0.15, -0.1) is 0 Å². The van der Waals surface area contributed by atoms with Gasteiger partial charge in [-0.2, -0.15) is 0 Å². The van der Waals surface area contributed by atoms with Gasteiger partial charge < -0.3 is 5.32 Å². The van der Waals surface area contributed by atoms with Crippen LogP contribution in [0.4, 0.5) is 0 Å². The monoisotopic (exact) mass is 400 g/mol. The summed E-state index contributed by atoms with van der Waals surface area (Å²) in [7, 11) is 0. The molecule has 21 heavy (non-hydrogen) atoms. The zero-order valence-electron chi connectivity index (χ0n) is 13.6. The van der Waals surface area contributed by atoms with Gasteiger partial charge in [-0.3, -0.25) is 4.90 Å². The van der Waals surface area contributed by atoms with Crippen LogP contribution in [0.15, 0.2) is 24.3 Å². The van der Waals surface area contributed by atoms with Crippen LogP contribution >= 0.6 is 22.6 Å². The first-order valence-corrected chi connectivity index (χ1v) is 9.38. The van der Waals surface area contributed by atoms with E-state index in [1.165, 1.54) is 34.9 Å². The Morgan fingerprint density at radius 2 is 2.00 bits per heavy atom. The molecule has 0 saturated carbocycles. The second kappa shape index (κ2) is 8.49. The molecule has 1 aromatic carbocycles. The highest BCUT2D eigenvalue weighted by Crippen LogP contribution is 2.20. The molecule has 0 spiro atoms. The van der Waals surface area contributed by atoms with E-state index in [1.807, 2.05) is 0 Å². The maximum absolute atomic E-state index is 3.76. The SMILES string of the molecule is CCCC1CN(Cc2ccc(I)cc2)C(CC(C)C)CN1. The number of halogens is 1. The van der Waals surface area contributed by atoms with Gasteiger partial charge in [0.05, 0.1) is 0 Å². The minimum atomic E-state index is 0.669. The van der Waals surface area contributed by atoms with Gasteiger partial charge >= 0.3 is 0 Å². The molecule has 1 aromatic rings. The highest BCUT2D eigenvalue weighted by Gasteiger charge is 2.27. The van der Waals surface area contributed by atoms with Crippen LogP contribution in [0.2, 0.25) is 0 Å². The van der Waals surface area contributed by atoms with Gasteiger partial charge in [0.25, 0.3) is 0 Å². The highest BCUT2D eigenvalue weighted by molar-refractivity contribution is 14.1. The van der Waals surface area contributed by atoms with Crippen molar-refractivity contribution < 1.29 is 0 Å². The highest BCUT2D eigenvalue weighted by atomic mass is 127. The van der Waals surface area contributed by atoms with Gasteiger partial charge in [-0.05, 0) is 59.0 Å². The smallest absolute Gasteiger partial charge is 0.0237 e. The summed E-state index contributed by atoms with van der Waals surface area (Å²) in [6, 6.07) is 10.4. The molecule has 118 valence electrons. The van der Waals surface area contributed by atoms with Crippen LogP contribution in [0, 0.1) is 9.49 Å². The molecule has 2 atom stereocenters. The molecule has 2 unspecified atom stereocenters. The van der Waals surface area contributed by atoms with Crippen molar-refractivity contribution in [2.24, 2.45) is 5.92 Å². The number of rotatable bonds is 6. The molecule has 2 rings (SSSR count). The minimum absolute atomic E-state index is 0.669. The molecular weight excluding hydrogens is 371 g/mol. The summed E-state index contributed by atoms with van der Waals surface area (Å²) in [4.78, 5) is 2.71. The fourth-order valence-electron chi connectivity index (χ4n) is 3.26. The van der Waals surface area contributed by atoms with Crippen molar-refractivity contribution in [3.8, 4) is 0 Å². The van der Waals surface area contributed by atoms with Crippen molar-refractivity contribution >= 4 is 22.6 Å². The van der Waals surface area contributed by atoms with Gasteiger partial charge in [0, 0.05) is 35.3 Å². The summed E-state index contributed by atoms with van der Waals surface area (Å²) in [5.41, 5.74) is 1.45. The van der Waals surface area contributed by atoms with Crippen molar-refractivity contribution in [2.75, 3.05) is 13.1 Å². The van der Waals surface area contributed by atoms with Crippen molar-refractivity contribution in [1.82, 2.24) is 10.2 Å². The summed E-state index contributed by atoms with van der Waals surface area (Å²) < 4.78 is 1.32. The van der Waals surface area contributed by atoms with E-state index in [4.69, 9.17) is 0 Å².